The zero-order valence-corrected chi connectivity index (χ0v) is 12.1. The van der Waals surface area contributed by atoms with Crippen LogP contribution in [0.25, 0.3) is 0 Å². The number of amides is 2. The standard InChI is InChI=1S/C14H23N3O4/c15-10(4-9-2-1-3-16-12(9)19)11(18)13(20)17-5-14(6-17)7-21-8-14/h9-11,18H,1-8,15H2,(H,16,19)/t9-,10?,11?/m0/s1. The van der Waals surface area contributed by atoms with Gasteiger partial charge in [0.05, 0.1) is 18.6 Å². The smallest absolute Gasteiger partial charge is 0.253 e. The van der Waals surface area contributed by atoms with Crippen molar-refractivity contribution in [2.75, 3.05) is 32.8 Å². The Balaban J connectivity index is 1.48. The monoisotopic (exact) mass is 297 g/mol. The SMILES string of the molecule is NC(C[C@@H]1CCCNC1=O)C(O)C(=O)N1CC2(COC2)C1. The van der Waals surface area contributed by atoms with Crippen molar-refractivity contribution in [3.63, 3.8) is 0 Å². The lowest BCUT2D eigenvalue weighted by molar-refractivity contribution is -0.200. The lowest BCUT2D eigenvalue weighted by Crippen LogP contribution is -2.69. The molecule has 3 fully saturated rings. The summed E-state index contributed by atoms with van der Waals surface area (Å²) in [5, 5.41) is 12.9. The molecule has 0 aromatic rings. The zero-order valence-electron chi connectivity index (χ0n) is 12.1. The van der Waals surface area contributed by atoms with Gasteiger partial charge < -0.3 is 25.8 Å². The number of hydrogen-bond donors (Lipinski definition) is 3. The van der Waals surface area contributed by atoms with E-state index in [4.69, 9.17) is 10.5 Å². The van der Waals surface area contributed by atoms with Crippen LogP contribution in [0.15, 0.2) is 0 Å². The molecule has 1 spiro atoms. The van der Waals surface area contributed by atoms with Gasteiger partial charge in [0.2, 0.25) is 5.91 Å². The fourth-order valence-corrected chi connectivity index (χ4v) is 3.38. The number of aliphatic hydroxyl groups excluding tert-OH is 1. The topological polar surface area (TPSA) is 105 Å². The second-order valence-corrected chi connectivity index (χ2v) is 6.66. The Bertz CT molecular complexity index is 430. The van der Waals surface area contributed by atoms with Crippen molar-refractivity contribution in [2.45, 2.75) is 31.4 Å². The number of rotatable bonds is 4. The average molecular weight is 297 g/mol. The molecule has 0 radical (unpaired) electrons. The first kappa shape index (κ1) is 14.7. The summed E-state index contributed by atoms with van der Waals surface area (Å²) in [5.41, 5.74) is 6.07. The Morgan fingerprint density at radius 3 is 2.81 bits per heavy atom. The minimum atomic E-state index is -1.22. The minimum Gasteiger partial charge on any atom is -0.382 e. The zero-order chi connectivity index (χ0) is 15.0. The van der Waals surface area contributed by atoms with Gasteiger partial charge in [-0.15, -0.1) is 0 Å². The van der Waals surface area contributed by atoms with Gasteiger partial charge in [0.25, 0.3) is 5.91 Å². The van der Waals surface area contributed by atoms with E-state index in [1.165, 1.54) is 0 Å². The molecule has 2 amide bonds. The molecule has 0 bridgehead atoms. The number of aliphatic hydroxyl groups is 1. The van der Waals surface area contributed by atoms with E-state index in [-0.39, 0.29) is 23.1 Å². The van der Waals surface area contributed by atoms with Gasteiger partial charge in [-0.3, -0.25) is 9.59 Å². The fourth-order valence-electron chi connectivity index (χ4n) is 3.38. The highest BCUT2D eigenvalue weighted by Gasteiger charge is 2.51. The average Bonchev–Trinajstić information content (AvgIpc) is 2.37. The van der Waals surface area contributed by atoms with Crippen LogP contribution in [-0.2, 0) is 14.3 Å². The molecule has 3 aliphatic heterocycles. The Labute approximate surface area is 123 Å². The van der Waals surface area contributed by atoms with E-state index in [1.807, 2.05) is 0 Å². The first-order valence-electron chi connectivity index (χ1n) is 7.59. The maximum atomic E-state index is 12.2. The van der Waals surface area contributed by atoms with Crippen molar-refractivity contribution in [3.8, 4) is 0 Å². The molecule has 0 aromatic carbocycles. The van der Waals surface area contributed by atoms with Crippen molar-refractivity contribution in [3.05, 3.63) is 0 Å². The van der Waals surface area contributed by atoms with Crippen LogP contribution < -0.4 is 11.1 Å². The van der Waals surface area contributed by atoms with Crippen molar-refractivity contribution in [2.24, 2.45) is 17.1 Å². The number of piperidine rings is 1. The molecule has 0 saturated carbocycles. The largest absolute Gasteiger partial charge is 0.382 e. The molecule has 0 aliphatic carbocycles. The van der Waals surface area contributed by atoms with Gasteiger partial charge in [0.15, 0.2) is 0 Å². The van der Waals surface area contributed by atoms with Crippen LogP contribution in [0.4, 0.5) is 0 Å². The molecule has 3 rings (SSSR count). The molecule has 21 heavy (non-hydrogen) atoms. The van der Waals surface area contributed by atoms with Crippen molar-refractivity contribution in [1.29, 1.82) is 0 Å². The highest BCUT2D eigenvalue weighted by molar-refractivity contribution is 5.83. The quantitative estimate of drug-likeness (QED) is 0.583. The maximum absolute atomic E-state index is 12.2. The molecule has 7 nitrogen and oxygen atoms in total. The van der Waals surface area contributed by atoms with E-state index in [0.717, 1.165) is 12.8 Å². The van der Waals surface area contributed by atoms with Gasteiger partial charge in [-0.25, -0.2) is 0 Å². The second kappa shape index (κ2) is 5.55. The van der Waals surface area contributed by atoms with Gasteiger partial charge in [-0.05, 0) is 19.3 Å². The van der Waals surface area contributed by atoms with E-state index < -0.39 is 12.1 Å². The Morgan fingerprint density at radius 2 is 2.24 bits per heavy atom. The predicted molar refractivity (Wildman–Crippen MR) is 74.2 cm³/mol. The predicted octanol–water partition coefficient (Wildman–Crippen LogP) is -1.55. The van der Waals surface area contributed by atoms with Gasteiger partial charge in [-0.2, -0.15) is 0 Å². The summed E-state index contributed by atoms with van der Waals surface area (Å²) in [4.78, 5) is 25.5. The molecule has 7 heteroatoms. The Hall–Kier alpha value is -1.18. The molecule has 2 unspecified atom stereocenters. The van der Waals surface area contributed by atoms with Gasteiger partial charge in [0, 0.05) is 31.6 Å². The number of carbonyl (C=O) groups excluding carboxylic acids is 2. The van der Waals surface area contributed by atoms with Crippen LogP contribution in [-0.4, -0.2) is 66.8 Å². The summed E-state index contributed by atoms with van der Waals surface area (Å²) in [7, 11) is 0. The van der Waals surface area contributed by atoms with Gasteiger partial charge >= 0.3 is 0 Å². The molecular formula is C14H23N3O4. The van der Waals surface area contributed by atoms with Crippen molar-refractivity contribution >= 4 is 11.8 Å². The van der Waals surface area contributed by atoms with E-state index in [2.05, 4.69) is 5.32 Å². The molecule has 118 valence electrons. The van der Waals surface area contributed by atoms with Gasteiger partial charge in [0.1, 0.15) is 6.10 Å². The van der Waals surface area contributed by atoms with E-state index in [1.54, 1.807) is 4.90 Å². The number of carbonyl (C=O) groups is 2. The fraction of sp³-hybridized carbons (Fsp3) is 0.857. The normalized spacial score (nSPS) is 30.1. The first-order valence-corrected chi connectivity index (χ1v) is 7.59. The highest BCUT2D eigenvalue weighted by atomic mass is 16.5. The third-order valence-corrected chi connectivity index (χ3v) is 4.80. The van der Waals surface area contributed by atoms with Gasteiger partial charge in [-0.1, -0.05) is 0 Å². The molecular weight excluding hydrogens is 274 g/mol. The van der Waals surface area contributed by atoms with Crippen molar-refractivity contribution in [1.82, 2.24) is 10.2 Å². The second-order valence-electron chi connectivity index (χ2n) is 6.66. The highest BCUT2D eigenvalue weighted by Crippen LogP contribution is 2.37. The summed E-state index contributed by atoms with van der Waals surface area (Å²) in [6.45, 7) is 3.37. The summed E-state index contributed by atoms with van der Waals surface area (Å²) < 4.78 is 5.16. The number of nitrogens with one attached hydrogen (secondary N) is 1. The van der Waals surface area contributed by atoms with Crippen molar-refractivity contribution < 1.29 is 19.4 Å². The summed E-state index contributed by atoms with van der Waals surface area (Å²) in [5.74, 6) is -0.541. The minimum absolute atomic E-state index is 0.0223. The third-order valence-electron chi connectivity index (χ3n) is 4.80. The molecule has 4 N–H and O–H groups in total. The number of ether oxygens (including phenoxy) is 1. The maximum Gasteiger partial charge on any atom is 0.253 e. The molecule has 0 aromatic heterocycles. The summed E-state index contributed by atoms with van der Waals surface area (Å²) >= 11 is 0. The lowest BCUT2D eigenvalue weighted by atomic mass is 9.77. The molecule has 3 atom stereocenters. The third kappa shape index (κ3) is 2.77. The van der Waals surface area contributed by atoms with Crippen LogP contribution in [0.1, 0.15) is 19.3 Å². The number of nitrogens with two attached hydrogens (primary N) is 1. The summed E-state index contributed by atoms with van der Waals surface area (Å²) in [6, 6.07) is -0.694. The Kier molecular flexibility index (Phi) is 3.90. The Morgan fingerprint density at radius 1 is 1.52 bits per heavy atom. The lowest BCUT2D eigenvalue weighted by Gasteiger charge is -2.55. The van der Waals surface area contributed by atoms with E-state index >= 15 is 0 Å². The van der Waals surface area contributed by atoms with E-state index in [0.29, 0.717) is 39.3 Å². The molecule has 3 saturated heterocycles. The van der Waals surface area contributed by atoms with Crippen LogP contribution in [0.5, 0.6) is 0 Å². The van der Waals surface area contributed by atoms with Crippen LogP contribution >= 0.6 is 0 Å². The number of nitrogens with zero attached hydrogens (tertiary/aromatic N) is 1. The number of hydrogen-bond acceptors (Lipinski definition) is 5. The number of likely N-dealkylation sites (tertiary alicyclic amines) is 1. The van der Waals surface area contributed by atoms with E-state index in [9.17, 15) is 14.7 Å². The summed E-state index contributed by atoms with van der Waals surface area (Å²) in [6.07, 6.45) is 0.811. The van der Waals surface area contributed by atoms with Crippen LogP contribution in [0.3, 0.4) is 0 Å². The van der Waals surface area contributed by atoms with Crippen LogP contribution in [0.2, 0.25) is 0 Å². The first-order chi connectivity index (χ1) is 10.0. The molecule has 3 heterocycles. The molecule has 3 aliphatic rings. The van der Waals surface area contributed by atoms with Crippen LogP contribution in [0, 0.1) is 11.3 Å².